The van der Waals surface area contributed by atoms with E-state index in [4.69, 9.17) is 4.74 Å². The predicted molar refractivity (Wildman–Crippen MR) is 127 cm³/mol. The van der Waals surface area contributed by atoms with Gasteiger partial charge in [0.15, 0.2) is 0 Å². The number of rotatable bonds is 5. The number of hydrogen-bond acceptors (Lipinski definition) is 5. The normalized spacial score (nSPS) is 17.6. The van der Waals surface area contributed by atoms with Crippen LogP contribution in [0.4, 0.5) is 4.79 Å². The van der Waals surface area contributed by atoms with Crippen LogP contribution in [0.25, 0.3) is 0 Å². The highest BCUT2D eigenvalue weighted by molar-refractivity contribution is 5.69. The number of carbonyl (C=O) groups is 1. The van der Waals surface area contributed by atoms with Crippen molar-refractivity contribution in [3.63, 3.8) is 0 Å². The molecule has 2 aromatic heterocycles. The molecule has 0 radical (unpaired) electrons. The zero-order valence-electron chi connectivity index (χ0n) is 19.4. The Morgan fingerprint density at radius 3 is 2.12 bits per heavy atom. The van der Waals surface area contributed by atoms with Gasteiger partial charge in [-0.1, -0.05) is 42.5 Å². The van der Waals surface area contributed by atoms with Crippen LogP contribution in [0.2, 0.25) is 0 Å². The van der Waals surface area contributed by atoms with Gasteiger partial charge in [0, 0.05) is 54.4 Å². The smallest absolute Gasteiger partial charge is 0.410 e. The fraction of sp³-hybridized carbons (Fsp3) is 0.370. The molecule has 3 aromatic rings. The zero-order valence-corrected chi connectivity index (χ0v) is 19.4. The topological polar surface area (TPSA) is 75.5 Å². The van der Waals surface area contributed by atoms with Gasteiger partial charge in [0.05, 0.1) is 0 Å². The summed E-state index contributed by atoms with van der Waals surface area (Å²) in [4.78, 5) is 23.6. The van der Waals surface area contributed by atoms with Gasteiger partial charge in [-0.25, -0.2) is 4.79 Å². The molecule has 1 aromatic carbocycles. The van der Waals surface area contributed by atoms with Gasteiger partial charge in [-0.05, 0) is 51.3 Å². The molecule has 33 heavy (non-hydrogen) atoms. The van der Waals surface area contributed by atoms with E-state index in [1.165, 1.54) is 0 Å². The van der Waals surface area contributed by atoms with Crippen LogP contribution in [-0.4, -0.2) is 44.3 Å². The molecule has 1 N–H and O–H groups in total. The van der Waals surface area contributed by atoms with E-state index in [0.29, 0.717) is 17.7 Å². The molecule has 0 saturated carbocycles. The Hall–Kier alpha value is -3.25. The minimum absolute atomic E-state index is 0.271. The number of carbonyl (C=O) groups excluding carboxylic acids is 1. The van der Waals surface area contributed by atoms with Gasteiger partial charge in [0.2, 0.25) is 0 Å². The second-order valence-corrected chi connectivity index (χ2v) is 9.52. The van der Waals surface area contributed by atoms with Crippen LogP contribution in [0.15, 0.2) is 79.4 Å². The quantitative estimate of drug-likeness (QED) is 0.605. The second kappa shape index (κ2) is 9.32. The highest BCUT2D eigenvalue weighted by Gasteiger charge is 2.50. The average molecular weight is 446 g/mol. The summed E-state index contributed by atoms with van der Waals surface area (Å²) >= 11 is 0. The van der Waals surface area contributed by atoms with Crippen molar-refractivity contribution in [3.05, 3.63) is 96.1 Å². The Labute approximate surface area is 195 Å². The number of pyridine rings is 2. The third-order valence-corrected chi connectivity index (χ3v) is 6.12. The molecule has 1 aliphatic rings. The van der Waals surface area contributed by atoms with Crippen LogP contribution in [0.5, 0.6) is 0 Å². The van der Waals surface area contributed by atoms with Crippen molar-refractivity contribution in [3.8, 4) is 0 Å². The van der Waals surface area contributed by atoms with Crippen molar-refractivity contribution in [1.82, 2.24) is 14.9 Å². The van der Waals surface area contributed by atoms with Crippen LogP contribution < -0.4 is 0 Å². The molecular weight excluding hydrogens is 414 g/mol. The van der Waals surface area contributed by atoms with Crippen LogP contribution in [0, 0.1) is 0 Å². The van der Waals surface area contributed by atoms with Crippen molar-refractivity contribution in [1.29, 1.82) is 0 Å². The van der Waals surface area contributed by atoms with Gasteiger partial charge in [0.25, 0.3) is 0 Å². The lowest BCUT2D eigenvalue weighted by atomic mass is 9.70. The van der Waals surface area contributed by atoms with E-state index >= 15 is 0 Å². The van der Waals surface area contributed by atoms with Gasteiger partial charge in [-0.2, -0.15) is 0 Å². The third kappa shape index (κ3) is 4.76. The average Bonchev–Trinajstić information content (AvgIpc) is 3.29. The minimum Gasteiger partial charge on any atom is -0.444 e. The first kappa shape index (κ1) is 22.9. The maximum absolute atomic E-state index is 13.2. The Bertz CT molecular complexity index is 1010. The van der Waals surface area contributed by atoms with Gasteiger partial charge >= 0.3 is 6.09 Å². The summed E-state index contributed by atoms with van der Waals surface area (Å²) in [6, 6.07) is 17.0. The standard InChI is InChI=1S/C27H31N3O3/c1-26(2,3)33-25(31)30-17-9-14-23(30)24(20-10-5-4-6-11-20)27(32,21-12-7-15-28-18-21)22-13-8-16-29-19-22/h4-8,10-13,15-16,18-19,23-24,32H,9,14,17H2,1-3H3. The summed E-state index contributed by atoms with van der Waals surface area (Å²) in [6.45, 7) is 6.18. The number of amides is 1. The van der Waals surface area contributed by atoms with Gasteiger partial charge in [-0.3, -0.25) is 9.97 Å². The first-order chi connectivity index (χ1) is 15.8. The summed E-state index contributed by atoms with van der Waals surface area (Å²) in [5.74, 6) is -0.456. The SMILES string of the molecule is CC(C)(C)OC(=O)N1CCCC1C(c1ccccc1)C(O)(c1cccnc1)c1cccnc1. The Balaban J connectivity index is 1.88. The van der Waals surface area contributed by atoms with Gasteiger partial charge in [-0.15, -0.1) is 0 Å². The van der Waals surface area contributed by atoms with E-state index in [-0.39, 0.29) is 12.1 Å². The molecule has 3 heterocycles. The zero-order chi connectivity index (χ0) is 23.5. The van der Waals surface area contributed by atoms with Crippen LogP contribution in [0.3, 0.4) is 0 Å². The van der Waals surface area contributed by atoms with Crippen LogP contribution >= 0.6 is 0 Å². The number of hydrogen-bond donors (Lipinski definition) is 1. The molecule has 1 aliphatic heterocycles. The first-order valence-corrected chi connectivity index (χ1v) is 11.4. The van der Waals surface area contributed by atoms with Gasteiger partial charge in [0.1, 0.15) is 11.2 Å². The van der Waals surface area contributed by atoms with Crippen molar-refractivity contribution < 1.29 is 14.6 Å². The van der Waals surface area contributed by atoms with Crippen molar-refractivity contribution >= 4 is 6.09 Å². The summed E-state index contributed by atoms with van der Waals surface area (Å²) in [7, 11) is 0. The molecule has 6 heteroatoms. The predicted octanol–water partition coefficient (Wildman–Crippen LogP) is 4.90. The lowest BCUT2D eigenvalue weighted by molar-refractivity contribution is -0.00511. The van der Waals surface area contributed by atoms with Crippen molar-refractivity contribution in [2.24, 2.45) is 0 Å². The molecule has 1 fully saturated rings. The van der Waals surface area contributed by atoms with E-state index < -0.39 is 17.1 Å². The maximum atomic E-state index is 13.2. The molecule has 2 atom stereocenters. The Morgan fingerprint density at radius 1 is 1.00 bits per heavy atom. The first-order valence-electron chi connectivity index (χ1n) is 11.4. The molecule has 1 amide bonds. The molecule has 1 saturated heterocycles. The maximum Gasteiger partial charge on any atom is 0.410 e. The lowest BCUT2D eigenvalue weighted by Gasteiger charge is -2.43. The van der Waals surface area contributed by atoms with Crippen molar-refractivity contribution in [2.75, 3.05) is 6.54 Å². The van der Waals surface area contributed by atoms with Crippen LogP contribution in [-0.2, 0) is 10.3 Å². The fourth-order valence-electron chi connectivity index (χ4n) is 4.79. The van der Waals surface area contributed by atoms with E-state index in [0.717, 1.165) is 18.4 Å². The highest BCUT2D eigenvalue weighted by Crippen LogP contribution is 2.48. The number of aliphatic hydroxyl groups is 1. The number of nitrogens with zero attached hydrogens (tertiary/aromatic N) is 3. The van der Waals surface area contributed by atoms with Crippen molar-refractivity contribution in [2.45, 2.75) is 56.8 Å². The second-order valence-electron chi connectivity index (χ2n) is 9.52. The van der Waals surface area contributed by atoms with Crippen LogP contribution in [0.1, 0.15) is 56.2 Å². The van der Waals surface area contributed by atoms with E-state index in [2.05, 4.69) is 9.97 Å². The highest BCUT2D eigenvalue weighted by atomic mass is 16.6. The van der Waals surface area contributed by atoms with Gasteiger partial charge < -0.3 is 14.7 Å². The monoisotopic (exact) mass is 445 g/mol. The fourth-order valence-corrected chi connectivity index (χ4v) is 4.79. The Morgan fingerprint density at radius 2 is 1.61 bits per heavy atom. The number of likely N-dealkylation sites (tertiary alicyclic amines) is 1. The van der Waals surface area contributed by atoms with E-state index in [1.54, 1.807) is 29.7 Å². The summed E-state index contributed by atoms with van der Waals surface area (Å²) in [5, 5.41) is 12.6. The molecule has 0 aliphatic carbocycles. The number of ether oxygens (including phenoxy) is 1. The number of aromatic nitrogens is 2. The summed E-state index contributed by atoms with van der Waals surface area (Å²) < 4.78 is 5.74. The molecular formula is C27H31N3O3. The molecule has 2 unspecified atom stereocenters. The number of benzene rings is 1. The molecule has 6 nitrogen and oxygen atoms in total. The summed E-state index contributed by atoms with van der Waals surface area (Å²) in [5.41, 5.74) is 0.188. The third-order valence-electron chi connectivity index (χ3n) is 6.12. The molecule has 172 valence electrons. The lowest BCUT2D eigenvalue weighted by Crippen LogP contribution is -2.49. The Kier molecular flexibility index (Phi) is 6.47. The largest absolute Gasteiger partial charge is 0.444 e. The van der Waals surface area contributed by atoms with E-state index in [1.807, 2.05) is 75.4 Å². The molecule has 0 spiro atoms. The molecule has 0 bridgehead atoms. The minimum atomic E-state index is -1.46. The van der Waals surface area contributed by atoms with E-state index in [9.17, 15) is 9.90 Å². The molecule has 4 rings (SSSR count). The summed E-state index contributed by atoms with van der Waals surface area (Å²) in [6.07, 6.45) is 7.99.